The summed E-state index contributed by atoms with van der Waals surface area (Å²) >= 11 is 0.722. The zero-order valence-electron chi connectivity index (χ0n) is 14.7. The molecule has 0 aromatic heterocycles. The number of nitro groups is 1. The summed E-state index contributed by atoms with van der Waals surface area (Å²) < 4.78 is 0. The quantitative estimate of drug-likeness (QED) is 0.469. The summed E-state index contributed by atoms with van der Waals surface area (Å²) in [6.07, 6.45) is 1.46. The van der Waals surface area contributed by atoms with E-state index in [9.17, 15) is 24.5 Å². The second-order valence-electron chi connectivity index (χ2n) is 6.03. The van der Waals surface area contributed by atoms with Gasteiger partial charge in [-0.3, -0.25) is 29.4 Å². The number of aryl methyl sites for hydroxylation is 1. The number of nitrogens with one attached hydrogen (secondary N) is 1. The largest absolute Gasteiger partial charge is 0.325 e. The van der Waals surface area contributed by atoms with Crippen LogP contribution in [0.5, 0.6) is 0 Å². The zero-order valence-corrected chi connectivity index (χ0v) is 15.6. The lowest BCUT2D eigenvalue weighted by Gasteiger charge is -2.12. The van der Waals surface area contributed by atoms with Crippen LogP contribution in [0.2, 0.25) is 0 Å². The van der Waals surface area contributed by atoms with Crippen molar-refractivity contribution in [3.63, 3.8) is 0 Å². The Balaban J connectivity index is 1.68. The van der Waals surface area contributed by atoms with E-state index in [0.29, 0.717) is 11.3 Å². The van der Waals surface area contributed by atoms with Crippen molar-refractivity contribution in [3.05, 3.63) is 74.7 Å². The summed E-state index contributed by atoms with van der Waals surface area (Å²) in [5.74, 6) is -1.06. The first-order valence-corrected chi connectivity index (χ1v) is 9.01. The zero-order chi connectivity index (χ0) is 20.3. The number of non-ortho nitro benzene ring substituents is 1. The van der Waals surface area contributed by atoms with Crippen LogP contribution >= 0.6 is 11.8 Å². The van der Waals surface area contributed by atoms with Crippen molar-refractivity contribution >= 4 is 46.3 Å². The average Bonchev–Trinajstić information content (AvgIpc) is 2.91. The van der Waals surface area contributed by atoms with E-state index in [1.54, 1.807) is 12.1 Å². The summed E-state index contributed by atoms with van der Waals surface area (Å²) in [5, 5.41) is 12.8. The van der Waals surface area contributed by atoms with Crippen molar-refractivity contribution in [1.29, 1.82) is 0 Å². The minimum atomic E-state index is -0.576. The molecule has 0 bridgehead atoms. The van der Waals surface area contributed by atoms with Gasteiger partial charge in [-0.25, -0.2) is 0 Å². The van der Waals surface area contributed by atoms with Crippen LogP contribution in [-0.2, 0) is 9.59 Å². The highest BCUT2D eigenvalue weighted by Crippen LogP contribution is 2.32. The van der Waals surface area contributed by atoms with Crippen LogP contribution in [-0.4, -0.2) is 33.4 Å². The Hall–Kier alpha value is -3.46. The van der Waals surface area contributed by atoms with Crippen molar-refractivity contribution in [2.24, 2.45) is 0 Å². The number of amides is 3. The minimum absolute atomic E-state index is 0.0713. The molecule has 2 aromatic rings. The number of carbonyl (C=O) groups is 3. The van der Waals surface area contributed by atoms with Crippen LogP contribution in [0.15, 0.2) is 53.4 Å². The highest BCUT2D eigenvalue weighted by atomic mass is 32.2. The molecule has 1 aliphatic rings. The molecule has 1 heterocycles. The van der Waals surface area contributed by atoms with Crippen LogP contribution in [0.4, 0.5) is 16.2 Å². The van der Waals surface area contributed by atoms with Crippen molar-refractivity contribution < 1.29 is 19.3 Å². The average molecular weight is 397 g/mol. The number of nitrogens with zero attached hydrogens (tertiary/aromatic N) is 2. The van der Waals surface area contributed by atoms with Crippen LogP contribution in [0, 0.1) is 17.0 Å². The molecular weight excluding hydrogens is 382 g/mol. The van der Waals surface area contributed by atoms with Gasteiger partial charge >= 0.3 is 0 Å². The Labute approximate surface area is 164 Å². The van der Waals surface area contributed by atoms with Crippen molar-refractivity contribution in [1.82, 2.24) is 4.90 Å². The van der Waals surface area contributed by atoms with Gasteiger partial charge in [-0.05, 0) is 54.6 Å². The fraction of sp³-hybridized carbons (Fsp3) is 0.105. The van der Waals surface area contributed by atoms with Crippen molar-refractivity contribution in [2.75, 3.05) is 11.9 Å². The molecule has 3 amide bonds. The van der Waals surface area contributed by atoms with Crippen LogP contribution < -0.4 is 5.32 Å². The van der Waals surface area contributed by atoms with Crippen molar-refractivity contribution in [3.8, 4) is 0 Å². The SMILES string of the molecule is Cc1ccc(NC(=O)CN2C(=O)S/C(=C/c3ccc([N+](=O)[O-])cc3)C2=O)cc1. The third-order valence-electron chi connectivity index (χ3n) is 3.91. The molecule has 0 unspecified atom stereocenters. The Bertz CT molecular complexity index is 984. The Morgan fingerprint density at radius 1 is 1.14 bits per heavy atom. The third kappa shape index (κ3) is 4.44. The van der Waals surface area contributed by atoms with Gasteiger partial charge in [0.25, 0.3) is 16.8 Å². The minimum Gasteiger partial charge on any atom is -0.325 e. The number of rotatable bonds is 5. The first kappa shape index (κ1) is 19.3. The lowest BCUT2D eigenvalue weighted by Crippen LogP contribution is -2.36. The first-order valence-electron chi connectivity index (χ1n) is 8.20. The van der Waals surface area contributed by atoms with Gasteiger partial charge in [0.1, 0.15) is 6.54 Å². The van der Waals surface area contributed by atoms with E-state index in [2.05, 4.69) is 5.32 Å². The molecule has 0 saturated carbocycles. The predicted molar refractivity (Wildman–Crippen MR) is 106 cm³/mol. The summed E-state index contributed by atoms with van der Waals surface area (Å²) in [7, 11) is 0. The fourth-order valence-corrected chi connectivity index (χ4v) is 3.30. The number of anilines is 1. The molecule has 0 spiro atoms. The lowest BCUT2D eigenvalue weighted by molar-refractivity contribution is -0.384. The Morgan fingerprint density at radius 3 is 2.39 bits per heavy atom. The lowest BCUT2D eigenvalue weighted by atomic mass is 10.2. The highest BCUT2D eigenvalue weighted by Gasteiger charge is 2.36. The van der Waals surface area contributed by atoms with Gasteiger partial charge in [0.2, 0.25) is 5.91 Å². The maximum atomic E-state index is 12.5. The molecular formula is C19H15N3O5S. The number of benzene rings is 2. The monoisotopic (exact) mass is 397 g/mol. The van der Waals surface area contributed by atoms with Gasteiger partial charge in [0, 0.05) is 17.8 Å². The molecule has 9 heteroatoms. The standard InChI is InChI=1S/C19H15N3O5S/c1-12-2-6-14(7-3-12)20-17(23)11-21-18(24)16(28-19(21)25)10-13-4-8-15(9-5-13)22(26)27/h2-10H,11H2,1H3,(H,20,23)/b16-10+. The third-order valence-corrected chi connectivity index (χ3v) is 4.82. The number of hydrogen-bond acceptors (Lipinski definition) is 6. The molecule has 1 fully saturated rings. The van der Waals surface area contributed by atoms with Gasteiger partial charge in [-0.15, -0.1) is 0 Å². The van der Waals surface area contributed by atoms with E-state index in [4.69, 9.17) is 0 Å². The highest BCUT2D eigenvalue weighted by molar-refractivity contribution is 8.18. The topological polar surface area (TPSA) is 110 Å². The summed E-state index contributed by atoms with van der Waals surface area (Å²) in [6, 6.07) is 12.7. The molecule has 142 valence electrons. The summed E-state index contributed by atoms with van der Waals surface area (Å²) in [6.45, 7) is 1.53. The van der Waals surface area contributed by atoms with Crippen molar-refractivity contribution in [2.45, 2.75) is 6.92 Å². The van der Waals surface area contributed by atoms with E-state index in [-0.39, 0.29) is 10.6 Å². The fourth-order valence-electron chi connectivity index (χ4n) is 2.46. The van der Waals surface area contributed by atoms with E-state index in [0.717, 1.165) is 22.2 Å². The van der Waals surface area contributed by atoms with Crippen LogP contribution in [0.25, 0.3) is 6.08 Å². The van der Waals surface area contributed by atoms with Gasteiger partial charge in [-0.1, -0.05) is 17.7 Å². The molecule has 3 rings (SSSR count). The van der Waals surface area contributed by atoms with Crippen LogP contribution in [0.3, 0.4) is 0 Å². The van der Waals surface area contributed by atoms with Gasteiger partial charge in [0.15, 0.2) is 0 Å². The number of hydrogen-bond donors (Lipinski definition) is 1. The molecule has 28 heavy (non-hydrogen) atoms. The predicted octanol–water partition coefficient (Wildman–Crippen LogP) is 3.58. The number of nitro benzene ring substituents is 1. The van der Waals surface area contributed by atoms with E-state index in [1.807, 2.05) is 19.1 Å². The first-order chi connectivity index (χ1) is 13.3. The normalized spacial score (nSPS) is 15.2. The number of thioether (sulfide) groups is 1. The van der Waals surface area contributed by atoms with E-state index in [1.165, 1.54) is 30.3 Å². The second kappa shape index (κ2) is 8.05. The molecule has 0 radical (unpaired) electrons. The van der Waals surface area contributed by atoms with Crippen LogP contribution in [0.1, 0.15) is 11.1 Å². The molecule has 1 aliphatic heterocycles. The van der Waals surface area contributed by atoms with Gasteiger partial charge in [0.05, 0.1) is 9.83 Å². The van der Waals surface area contributed by atoms with Gasteiger partial charge in [-0.2, -0.15) is 0 Å². The summed E-state index contributed by atoms with van der Waals surface area (Å²) in [5.41, 5.74) is 2.09. The smallest absolute Gasteiger partial charge is 0.294 e. The molecule has 2 aromatic carbocycles. The van der Waals surface area contributed by atoms with E-state index < -0.39 is 28.5 Å². The summed E-state index contributed by atoms with van der Waals surface area (Å²) in [4.78, 5) is 47.9. The second-order valence-corrected chi connectivity index (χ2v) is 7.02. The Kier molecular flexibility index (Phi) is 5.55. The van der Waals surface area contributed by atoms with Gasteiger partial charge < -0.3 is 5.32 Å². The molecule has 1 saturated heterocycles. The Morgan fingerprint density at radius 2 is 1.79 bits per heavy atom. The molecule has 0 atom stereocenters. The number of carbonyl (C=O) groups excluding carboxylic acids is 3. The number of imide groups is 1. The molecule has 0 aliphatic carbocycles. The maximum absolute atomic E-state index is 12.5. The van der Waals surface area contributed by atoms with E-state index >= 15 is 0 Å². The molecule has 8 nitrogen and oxygen atoms in total. The maximum Gasteiger partial charge on any atom is 0.294 e. The molecule has 1 N–H and O–H groups in total.